The van der Waals surface area contributed by atoms with Gasteiger partial charge in [0.05, 0.1) is 11.9 Å². The predicted octanol–water partition coefficient (Wildman–Crippen LogP) is 4.03. The molecule has 0 atom stereocenters. The molecule has 3 heteroatoms. The number of aromatic amines is 1. The maximum absolute atomic E-state index is 4.22. The summed E-state index contributed by atoms with van der Waals surface area (Å²) >= 11 is 0. The van der Waals surface area contributed by atoms with Crippen LogP contribution in [0.1, 0.15) is 22.3 Å². The molecule has 0 amide bonds. The van der Waals surface area contributed by atoms with Crippen LogP contribution in [0.3, 0.4) is 0 Å². The second kappa shape index (κ2) is 7.25. The minimum atomic E-state index is 0.825. The zero-order valence-electron chi connectivity index (χ0n) is 13.8. The number of H-pyrrole nitrogens is 1. The Labute approximate surface area is 137 Å². The lowest BCUT2D eigenvalue weighted by atomic mass is 10.0. The summed E-state index contributed by atoms with van der Waals surface area (Å²) in [6, 6.07) is 17.1. The van der Waals surface area contributed by atoms with Gasteiger partial charge in [-0.25, -0.2) is 0 Å². The van der Waals surface area contributed by atoms with Crippen LogP contribution in [0.2, 0.25) is 0 Å². The van der Waals surface area contributed by atoms with Crippen molar-refractivity contribution in [2.24, 2.45) is 0 Å². The van der Waals surface area contributed by atoms with E-state index >= 15 is 0 Å². The van der Waals surface area contributed by atoms with Crippen molar-refractivity contribution in [3.8, 4) is 11.3 Å². The molecule has 1 aromatic heterocycles. The van der Waals surface area contributed by atoms with E-state index in [-0.39, 0.29) is 0 Å². The normalized spacial score (nSPS) is 10.9. The number of nitrogens with zero attached hydrogens (tertiary/aromatic N) is 1. The number of aromatic nitrogens is 2. The van der Waals surface area contributed by atoms with Gasteiger partial charge in [0, 0.05) is 17.7 Å². The fourth-order valence-corrected chi connectivity index (χ4v) is 2.69. The van der Waals surface area contributed by atoms with Crippen molar-refractivity contribution in [3.05, 3.63) is 77.0 Å². The predicted molar refractivity (Wildman–Crippen MR) is 95.4 cm³/mol. The van der Waals surface area contributed by atoms with Gasteiger partial charge in [-0.2, -0.15) is 5.10 Å². The van der Waals surface area contributed by atoms with E-state index in [4.69, 9.17) is 0 Å². The van der Waals surface area contributed by atoms with Crippen LogP contribution in [0.5, 0.6) is 0 Å². The third kappa shape index (κ3) is 3.88. The Balaban J connectivity index is 1.61. The van der Waals surface area contributed by atoms with Crippen molar-refractivity contribution in [3.63, 3.8) is 0 Å². The number of hydrogen-bond donors (Lipinski definition) is 2. The van der Waals surface area contributed by atoms with Gasteiger partial charge in [0.15, 0.2) is 0 Å². The first kappa shape index (κ1) is 15.5. The van der Waals surface area contributed by atoms with Gasteiger partial charge in [-0.3, -0.25) is 5.10 Å². The number of hydrogen-bond acceptors (Lipinski definition) is 2. The molecule has 0 radical (unpaired) electrons. The Bertz CT molecular complexity index is 760. The van der Waals surface area contributed by atoms with Crippen LogP contribution in [0.25, 0.3) is 11.3 Å². The van der Waals surface area contributed by atoms with Crippen molar-refractivity contribution in [2.45, 2.75) is 26.8 Å². The highest BCUT2D eigenvalue weighted by Gasteiger charge is 2.08. The largest absolute Gasteiger partial charge is 0.312 e. The second-order valence-corrected chi connectivity index (χ2v) is 5.98. The molecule has 3 nitrogen and oxygen atoms in total. The van der Waals surface area contributed by atoms with Crippen molar-refractivity contribution < 1.29 is 0 Å². The number of rotatable bonds is 6. The summed E-state index contributed by atoms with van der Waals surface area (Å²) in [6.45, 7) is 6.07. The monoisotopic (exact) mass is 305 g/mol. The lowest BCUT2D eigenvalue weighted by molar-refractivity contribution is 0.688. The first-order valence-electron chi connectivity index (χ1n) is 8.08. The van der Waals surface area contributed by atoms with Gasteiger partial charge in [0.1, 0.15) is 0 Å². The van der Waals surface area contributed by atoms with Gasteiger partial charge in [-0.15, -0.1) is 0 Å². The summed E-state index contributed by atoms with van der Waals surface area (Å²) in [5, 5.41) is 10.9. The maximum atomic E-state index is 4.22. The standard InChI is InChI=1S/C20H23N3/c1-15-8-9-18(12-16(15)2)20-19(14-22-23-20)13-21-11-10-17-6-4-3-5-7-17/h3-9,12,14,21H,10-11,13H2,1-2H3,(H,22,23). The summed E-state index contributed by atoms with van der Waals surface area (Å²) in [5.41, 5.74) is 7.50. The van der Waals surface area contributed by atoms with Gasteiger partial charge in [-0.1, -0.05) is 42.5 Å². The average Bonchev–Trinajstić information content (AvgIpc) is 3.04. The summed E-state index contributed by atoms with van der Waals surface area (Å²) in [6.07, 6.45) is 2.96. The highest BCUT2D eigenvalue weighted by molar-refractivity contribution is 5.64. The van der Waals surface area contributed by atoms with Crippen molar-refractivity contribution >= 4 is 0 Å². The number of benzene rings is 2. The van der Waals surface area contributed by atoms with E-state index < -0.39 is 0 Å². The molecule has 118 valence electrons. The minimum Gasteiger partial charge on any atom is -0.312 e. The summed E-state index contributed by atoms with van der Waals surface area (Å²) in [7, 11) is 0. The Morgan fingerprint density at radius 2 is 1.83 bits per heavy atom. The van der Waals surface area contributed by atoms with Crippen LogP contribution in [-0.4, -0.2) is 16.7 Å². The SMILES string of the molecule is Cc1ccc(-c2[nH]ncc2CNCCc2ccccc2)cc1C. The van der Waals surface area contributed by atoms with E-state index in [2.05, 4.69) is 77.9 Å². The lowest BCUT2D eigenvalue weighted by Crippen LogP contribution is -2.16. The van der Waals surface area contributed by atoms with Crippen LogP contribution in [0.4, 0.5) is 0 Å². The van der Waals surface area contributed by atoms with Crippen LogP contribution in [0.15, 0.2) is 54.7 Å². The van der Waals surface area contributed by atoms with Gasteiger partial charge >= 0.3 is 0 Å². The minimum absolute atomic E-state index is 0.825. The fourth-order valence-electron chi connectivity index (χ4n) is 2.69. The highest BCUT2D eigenvalue weighted by Crippen LogP contribution is 2.23. The molecule has 0 aliphatic heterocycles. The van der Waals surface area contributed by atoms with E-state index in [9.17, 15) is 0 Å². The number of aryl methyl sites for hydroxylation is 2. The molecule has 2 N–H and O–H groups in total. The molecule has 0 aliphatic carbocycles. The first-order chi connectivity index (χ1) is 11.2. The molecule has 0 aliphatic rings. The fraction of sp³-hybridized carbons (Fsp3) is 0.250. The van der Waals surface area contributed by atoms with E-state index in [1.165, 1.54) is 27.8 Å². The maximum Gasteiger partial charge on any atom is 0.0695 e. The molecule has 23 heavy (non-hydrogen) atoms. The van der Waals surface area contributed by atoms with Crippen molar-refractivity contribution in [2.75, 3.05) is 6.54 Å². The molecule has 0 bridgehead atoms. The zero-order valence-corrected chi connectivity index (χ0v) is 13.8. The van der Waals surface area contributed by atoms with Gasteiger partial charge in [0.2, 0.25) is 0 Å². The average molecular weight is 305 g/mol. The van der Waals surface area contributed by atoms with E-state index in [1.807, 2.05) is 6.20 Å². The highest BCUT2D eigenvalue weighted by atomic mass is 15.1. The molecule has 3 aromatic rings. The molecule has 0 saturated heterocycles. The van der Waals surface area contributed by atoms with Gasteiger partial charge in [0.25, 0.3) is 0 Å². The van der Waals surface area contributed by atoms with E-state index in [0.717, 1.165) is 25.2 Å². The topological polar surface area (TPSA) is 40.7 Å². The number of nitrogens with one attached hydrogen (secondary N) is 2. The Hall–Kier alpha value is -2.39. The lowest BCUT2D eigenvalue weighted by Gasteiger charge is -2.08. The van der Waals surface area contributed by atoms with Gasteiger partial charge in [-0.05, 0) is 49.6 Å². The Kier molecular flexibility index (Phi) is 4.89. The third-order valence-corrected chi connectivity index (χ3v) is 4.26. The molecule has 0 spiro atoms. The quantitative estimate of drug-likeness (QED) is 0.675. The third-order valence-electron chi connectivity index (χ3n) is 4.26. The molecule has 1 heterocycles. The summed E-state index contributed by atoms with van der Waals surface area (Å²) < 4.78 is 0. The first-order valence-corrected chi connectivity index (χ1v) is 8.08. The Morgan fingerprint density at radius 1 is 1.00 bits per heavy atom. The smallest absolute Gasteiger partial charge is 0.0695 e. The molecule has 0 saturated carbocycles. The van der Waals surface area contributed by atoms with Crippen LogP contribution in [-0.2, 0) is 13.0 Å². The summed E-state index contributed by atoms with van der Waals surface area (Å²) in [4.78, 5) is 0. The van der Waals surface area contributed by atoms with Crippen LogP contribution in [0, 0.1) is 13.8 Å². The zero-order chi connectivity index (χ0) is 16.1. The molecule has 0 unspecified atom stereocenters. The van der Waals surface area contributed by atoms with Crippen LogP contribution >= 0.6 is 0 Å². The Morgan fingerprint density at radius 3 is 2.61 bits per heavy atom. The van der Waals surface area contributed by atoms with E-state index in [0.29, 0.717) is 0 Å². The second-order valence-electron chi connectivity index (χ2n) is 5.98. The molecule has 2 aromatic carbocycles. The molecule has 3 rings (SSSR count). The van der Waals surface area contributed by atoms with Crippen molar-refractivity contribution in [1.82, 2.24) is 15.5 Å². The van der Waals surface area contributed by atoms with Crippen LogP contribution < -0.4 is 5.32 Å². The van der Waals surface area contributed by atoms with Crippen molar-refractivity contribution in [1.29, 1.82) is 0 Å². The van der Waals surface area contributed by atoms with E-state index in [1.54, 1.807) is 0 Å². The molecular weight excluding hydrogens is 282 g/mol. The summed E-state index contributed by atoms with van der Waals surface area (Å²) in [5.74, 6) is 0. The van der Waals surface area contributed by atoms with Gasteiger partial charge < -0.3 is 5.32 Å². The molecule has 0 fully saturated rings. The molecular formula is C20H23N3.